The molecule has 1 fully saturated rings. The molecular formula is C15H18F3N5O. The van der Waals surface area contributed by atoms with Gasteiger partial charge in [0.15, 0.2) is 5.69 Å². The number of halogens is 3. The van der Waals surface area contributed by atoms with Crippen LogP contribution in [0.3, 0.4) is 0 Å². The second-order valence-electron chi connectivity index (χ2n) is 6.09. The Labute approximate surface area is 136 Å². The van der Waals surface area contributed by atoms with E-state index < -0.39 is 11.9 Å². The van der Waals surface area contributed by atoms with Crippen LogP contribution in [0.1, 0.15) is 40.6 Å². The molecule has 2 aromatic rings. The van der Waals surface area contributed by atoms with Crippen LogP contribution < -0.4 is 0 Å². The fourth-order valence-electron chi connectivity index (χ4n) is 3.08. The molecule has 2 aromatic heterocycles. The van der Waals surface area contributed by atoms with Gasteiger partial charge in [-0.15, -0.1) is 0 Å². The maximum atomic E-state index is 12.8. The molecule has 6 nitrogen and oxygen atoms in total. The Morgan fingerprint density at radius 2 is 2.04 bits per heavy atom. The molecule has 3 rings (SSSR count). The summed E-state index contributed by atoms with van der Waals surface area (Å²) in [6.07, 6.45) is 1.10. The number of alkyl halides is 3. The smallest absolute Gasteiger partial charge is 0.338 e. The standard InChI is InChI=1S/C15H18F3N5O/c1-21-9-12(15(16,17)18)20-13(21)10-4-3-5-23(8-10)14(24)11-6-19-22(2)7-11/h6-7,9-10H,3-5,8H2,1-2H3/t10-/m1/s1. The van der Waals surface area contributed by atoms with Crippen LogP contribution in [0.5, 0.6) is 0 Å². The Morgan fingerprint density at radius 1 is 1.29 bits per heavy atom. The van der Waals surface area contributed by atoms with Crippen molar-refractivity contribution in [3.63, 3.8) is 0 Å². The number of carbonyl (C=O) groups is 1. The van der Waals surface area contributed by atoms with E-state index in [0.29, 0.717) is 30.9 Å². The number of carbonyl (C=O) groups excluding carboxylic acids is 1. The van der Waals surface area contributed by atoms with Gasteiger partial charge in [-0.25, -0.2) is 4.98 Å². The number of nitrogens with zero attached hydrogens (tertiary/aromatic N) is 5. The number of aromatic nitrogens is 4. The van der Waals surface area contributed by atoms with Crippen molar-refractivity contribution in [1.29, 1.82) is 0 Å². The van der Waals surface area contributed by atoms with Gasteiger partial charge in [0, 0.05) is 45.5 Å². The molecule has 24 heavy (non-hydrogen) atoms. The highest BCUT2D eigenvalue weighted by atomic mass is 19.4. The minimum absolute atomic E-state index is 0.155. The van der Waals surface area contributed by atoms with E-state index in [4.69, 9.17) is 0 Å². The summed E-state index contributed by atoms with van der Waals surface area (Å²) in [7, 11) is 3.28. The molecule has 1 amide bonds. The lowest BCUT2D eigenvalue weighted by molar-refractivity contribution is -0.141. The molecule has 1 atom stereocenters. The maximum Gasteiger partial charge on any atom is 0.434 e. The molecule has 1 saturated heterocycles. The van der Waals surface area contributed by atoms with Crippen LogP contribution >= 0.6 is 0 Å². The Bertz CT molecular complexity index is 749. The van der Waals surface area contributed by atoms with Gasteiger partial charge in [0.1, 0.15) is 5.82 Å². The number of aryl methyl sites for hydroxylation is 2. The van der Waals surface area contributed by atoms with Crippen molar-refractivity contribution in [2.45, 2.75) is 24.9 Å². The lowest BCUT2D eigenvalue weighted by Gasteiger charge is -2.32. The fourth-order valence-corrected chi connectivity index (χ4v) is 3.08. The van der Waals surface area contributed by atoms with Gasteiger partial charge in [-0.1, -0.05) is 0 Å². The first-order chi connectivity index (χ1) is 11.3. The molecule has 0 radical (unpaired) electrons. The van der Waals surface area contributed by atoms with E-state index in [-0.39, 0.29) is 11.8 Å². The van der Waals surface area contributed by atoms with Crippen LogP contribution in [0.25, 0.3) is 0 Å². The second kappa shape index (κ2) is 5.95. The average Bonchev–Trinajstić information content (AvgIpc) is 3.12. The first-order valence-electron chi connectivity index (χ1n) is 7.64. The highest BCUT2D eigenvalue weighted by Gasteiger charge is 2.36. The largest absolute Gasteiger partial charge is 0.434 e. The molecule has 0 unspecified atom stereocenters. The first kappa shape index (κ1) is 16.5. The third-order valence-electron chi connectivity index (χ3n) is 4.23. The van der Waals surface area contributed by atoms with Crippen molar-refractivity contribution < 1.29 is 18.0 Å². The van der Waals surface area contributed by atoms with Crippen LogP contribution in [-0.4, -0.2) is 43.2 Å². The Balaban J connectivity index is 1.79. The molecule has 1 aliphatic rings. The van der Waals surface area contributed by atoms with Crippen LogP contribution in [0, 0.1) is 0 Å². The number of piperidine rings is 1. The van der Waals surface area contributed by atoms with Crippen LogP contribution in [0.2, 0.25) is 0 Å². The van der Waals surface area contributed by atoms with Crippen molar-refractivity contribution in [3.05, 3.63) is 35.7 Å². The predicted molar refractivity (Wildman–Crippen MR) is 79.3 cm³/mol. The zero-order valence-electron chi connectivity index (χ0n) is 13.4. The lowest BCUT2D eigenvalue weighted by Crippen LogP contribution is -2.39. The average molecular weight is 341 g/mol. The minimum atomic E-state index is -4.46. The molecule has 0 aliphatic carbocycles. The van der Waals surface area contributed by atoms with E-state index >= 15 is 0 Å². The normalized spacial score (nSPS) is 18.9. The number of imidazole rings is 1. The summed E-state index contributed by atoms with van der Waals surface area (Å²) >= 11 is 0. The Kier molecular flexibility index (Phi) is 4.10. The molecular weight excluding hydrogens is 323 g/mol. The van der Waals surface area contributed by atoms with Crippen molar-refractivity contribution in [2.24, 2.45) is 14.1 Å². The summed E-state index contributed by atoms with van der Waals surface area (Å²) in [4.78, 5) is 17.9. The maximum absolute atomic E-state index is 12.8. The topological polar surface area (TPSA) is 56.0 Å². The molecule has 130 valence electrons. The van der Waals surface area contributed by atoms with Gasteiger partial charge in [-0.2, -0.15) is 18.3 Å². The third kappa shape index (κ3) is 3.15. The van der Waals surface area contributed by atoms with Crippen molar-refractivity contribution in [3.8, 4) is 0 Å². The van der Waals surface area contributed by atoms with E-state index in [1.54, 1.807) is 29.9 Å². The molecule has 0 N–H and O–H groups in total. The van der Waals surface area contributed by atoms with Gasteiger partial charge in [-0.3, -0.25) is 9.48 Å². The van der Waals surface area contributed by atoms with Crippen LogP contribution in [-0.2, 0) is 20.3 Å². The van der Waals surface area contributed by atoms with E-state index in [1.165, 1.54) is 10.8 Å². The number of rotatable bonds is 2. The highest BCUT2D eigenvalue weighted by Crippen LogP contribution is 2.32. The van der Waals surface area contributed by atoms with Gasteiger partial charge in [0.25, 0.3) is 5.91 Å². The third-order valence-corrected chi connectivity index (χ3v) is 4.23. The first-order valence-corrected chi connectivity index (χ1v) is 7.64. The highest BCUT2D eigenvalue weighted by molar-refractivity contribution is 5.93. The monoisotopic (exact) mass is 341 g/mol. The van der Waals surface area contributed by atoms with Crippen molar-refractivity contribution in [1.82, 2.24) is 24.2 Å². The predicted octanol–water partition coefficient (Wildman–Crippen LogP) is 2.19. The molecule has 0 aromatic carbocycles. The zero-order chi connectivity index (χ0) is 17.5. The molecule has 0 spiro atoms. The summed E-state index contributed by atoms with van der Waals surface area (Å²) in [5.74, 6) is 0.00420. The Morgan fingerprint density at radius 3 is 2.62 bits per heavy atom. The summed E-state index contributed by atoms with van der Waals surface area (Å²) in [6, 6.07) is 0. The minimum Gasteiger partial charge on any atom is -0.338 e. The van der Waals surface area contributed by atoms with E-state index in [2.05, 4.69) is 10.1 Å². The zero-order valence-corrected chi connectivity index (χ0v) is 13.4. The van der Waals surface area contributed by atoms with Crippen molar-refractivity contribution >= 4 is 5.91 Å². The van der Waals surface area contributed by atoms with Crippen LogP contribution in [0.4, 0.5) is 13.2 Å². The number of hydrogen-bond acceptors (Lipinski definition) is 3. The van der Waals surface area contributed by atoms with Gasteiger partial charge in [0.2, 0.25) is 0 Å². The second-order valence-corrected chi connectivity index (χ2v) is 6.09. The number of amides is 1. The summed E-state index contributed by atoms with van der Waals surface area (Å²) in [5.41, 5.74) is -0.412. The van der Waals surface area contributed by atoms with Gasteiger partial charge >= 0.3 is 6.18 Å². The number of hydrogen-bond donors (Lipinski definition) is 0. The number of likely N-dealkylation sites (tertiary alicyclic amines) is 1. The Hall–Kier alpha value is -2.32. The van der Waals surface area contributed by atoms with E-state index in [1.807, 2.05) is 0 Å². The quantitative estimate of drug-likeness (QED) is 0.841. The lowest BCUT2D eigenvalue weighted by atomic mass is 9.96. The summed E-state index contributed by atoms with van der Waals surface area (Å²) in [5, 5.41) is 3.98. The SMILES string of the molecule is Cn1cc(C(=O)N2CCC[C@@H](c3nc(C(F)(F)F)cn3C)C2)cn1. The fraction of sp³-hybridized carbons (Fsp3) is 0.533. The summed E-state index contributed by atoms with van der Waals surface area (Å²) < 4.78 is 41.4. The summed E-state index contributed by atoms with van der Waals surface area (Å²) in [6.45, 7) is 0.941. The molecule has 1 aliphatic heterocycles. The molecule has 9 heteroatoms. The van der Waals surface area contributed by atoms with E-state index in [9.17, 15) is 18.0 Å². The van der Waals surface area contributed by atoms with Gasteiger partial charge < -0.3 is 9.47 Å². The molecule has 0 bridgehead atoms. The van der Waals surface area contributed by atoms with Gasteiger partial charge in [-0.05, 0) is 12.8 Å². The van der Waals surface area contributed by atoms with Gasteiger partial charge in [0.05, 0.1) is 11.8 Å². The van der Waals surface area contributed by atoms with E-state index in [0.717, 1.165) is 12.6 Å². The molecule has 0 saturated carbocycles. The van der Waals surface area contributed by atoms with Crippen molar-refractivity contribution in [2.75, 3.05) is 13.1 Å². The van der Waals surface area contributed by atoms with Crippen LogP contribution in [0.15, 0.2) is 18.6 Å². The molecule has 3 heterocycles.